The summed E-state index contributed by atoms with van der Waals surface area (Å²) in [5.74, 6) is 0.528. The molecular weight excluding hydrogens is 334 g/mol. The van der Waals surface area contributed by atoms with E-state index >= 15 is 0 Å². The first-order valence-electron chi connectivity index (χ1n) is 8.60. The third kappa shape index (κ3) is 2.70. The summed E-state index contributed by atoms with van der Waals surface area (Å²) in [5, 5.41) is 0. The molecular formula is C20H25NO3S. The second kappa shape index (κ2) is 5.92. The van der Waals surface area contributed by atoms with Crippen LogP contribution in [0.4, 0.5) is 0 Å². The van der Waals surface area contributed by atoms with Crippen molar-refractivity contribution in [3.05, 3.63) is 48.1 Å². The predicted molar refractivity (Wildman–Crippen MR) is 99.4 cm³/mol. The first-order chi connectivity index (χ1) is 11.6. The molecule has 0 aliphatic heterocycles. The Morgan fingerprint density at radius 2 is 1.88 bits per heavy atom. The SMILES string of the molecule is C=CCNS(=O)(=O)c1ccc(/C=C2/C(=O)C3(C)CCC2C3(C)C)cc1. The summed E-state index contributed by atoms with van der Waals surface area (Å²) in [6.45, 7) is 10.1. The van der Waals surface area contributed by atoms with Crippen LogP contribution in [0.5, 0.6) is 0 Å². The summed E-state index contributed by atoms with van der Waals surface area (Å²) < 4.78 is 26.7. The topological polar surface area (TPSA) is 63.2 Å². The number of carbonyl (C=O) groups is 1. The van der Waals surface area contributed by atoms with Crippen molar-refractivity contribution in [2.45, 2.75) is 38.5 Å². The average molecular weight is 359 g/mol. The smallest absolute Gasteiger partial charge is 0.240 e. The lowest BCUT2D eigenvalue weighted by molar-refractivity contribution is -0.125. The highest BCUT2D eigenvalue weighted by Gasteiger charge is 2.63. The molecule has 3 rings (SSSR count). The van der Waals surface area contributed by atoms with Crippen molar-refractivity contribution in [3.8, 4) is 0 Å². The third-order valence-corrected chi connectivity index (χ3v) is 7.73. The van der Waals surface area contributed by atoms with E-state index in [1.807, 2.05) is 6.08 Å². The van der Waals surface area contributed by atoms with Crippen molar-refractivity contribution in [2.75, 3.05) is 6.54 Å². The van der Waals surface area contributed by atoms with Crippen LogP contribution in [0.1, 0.15) is 39.2 Å². The van der Waals surface area contributed by atoms with Crippen LogP contribution < -0.4 is 4.72 Å². The molecule has 5 heteroatoms. The largest absolute Gasteiger partial charge is 0.294 e. The van der Waals surface area contributed by atoms with Gasteiger partial charge in [-0.2, -0.15) is 0 Å². The minimum absolute atomic E-state index is 0.0200. The number of nitrogens with one attached hydrogen (secondary N) is 1. The van der Waals surface area contributed by atoms with Crippen LogP contribution in [0.15, 0.2) is 47.4 Å². The molecule has 2 saturated carbocycles. The third-order valence-electron chi connectivity index (χ3n) is 6.30. The Bertz CT molecular complexity index is 849. The number of sulfonamides is 1. The molecule has 1 aromatic rings. The molecule has 0 heterocycles. The monoisotopic (exact) mass is 359 g/mol. The fourth-order valence-electron chi connectivity index (χ4n) is 4.27. The molecule has 2 unspecified atom stereocenters. The van der Waals surface area contributed by atoms with Gasteiger partial charge in [0.05, 0.1) is 4.90 Å². The van der Waals surface area contributed by atoms with Gasteiger partial charge in [0.2, 0.25) is 10.0 Å². The first-order valence-corrected chi connectivity index (χ1v) is 10.1. The molecule has 2 aliphatic carbocycles. The zero-order valence-corrected chi connectivity index (χ0v) is 15.8. The normalized spacial score (nSPS) is 29.3. The number of rotatable bonds is 5. The van der Waals surface area contributed by atoms with Crippen molar-refractivity contribution in [3.63, 3.8) is 0 Å². The molecule has 1 aromatic carbocycles. The maximum Gasteiger partial charge on any atom is 0.240 e. The van der Waals surface area contributed by atoms with Crippen molar-refractivity contribution in [1.82, 2.24) is 4.72 Å². The molecule has 2 atom stereocenters. The van der Waals surface area contributed by atoms with Crippen LogP contribution in [0.3, 0.4) is 0 Å². The lowest BCUT2D eigenvalue weighted by Gasteiger charge is -2.31. The molecule has 0 aromatic heterocycles. The van der Waals surface area contributed by atoms with Gasteiger partial charge in [0.15, 0.2) is 5.78 Å². The van der Waals surface area contributed by atoms with Gasteiger partial charge in [-0.05, 0) is 53.5 Å². The van der Waals surface area contributed by atoms with E-state index in [0.29, 0.717) is 0 Å². The van der Waals surface area contributed by atoms with Crippen molar-refractivity contribution in [1.29, 1.82) is 0 Å². The highest BCUT2D eigenvalue weighted by atomic mass is 32.2. The minimum atomic E-state index is -3.52. The lowest BCUT2D eigenvalue weighted by Crippen LogP contribution is -2.32. The van der Waals surface area contributed by atoms with Crippen molar-refractivity contribution in [2.24, 2.45) is 16.7 Å². The van der Waals surface area contributed by atoms with Gasteiger partial charge in [0, 0.05) is 12.0 Å². The fraction of sp³-hybridized carbons (Fsp3) is 0.450. The molecule has 0 amide bonds. The highest BCUT2D eigenvalue weighted by molar-refractivity contribution is 7.89. The quantitative estimate of drug-likeness (QED) is 0.646. The predicted octanol–water partition coefficient (Wildman–Crippen LogP) is 3.56. The number of hydrogen-bond acceptors (Lipinski definition) is 3. The zero-order valence-electron chi connectivity index (χ0n) is 15.0. The molecule has 0 saturated heterocycles. The van der Waals surface area contributed by atoms with Crippen LogP contribution in [0, 0.1) is 16.7 Å². The van der Waals surface area contributed by atoms with E-state index in [2.05, 4.69) is 32.1 Å². The molecule has 0 spiro atoms. The maximum absolute atomic E-state index is 12.9. The van der Waals surface area contributed by atoms with E-state index in [1.54, 1.807) is 24.3 Å². The summed E-state index contributed by atoms with van der Waals surface area (Å²) in [6.07, 6.45) is 5.43. The van der Waals surface area contributed by atoms with E-state index in [0.717, 1.165) is 24.0 Å². The van der Waals surface area contributed by atoms with Gasteiger partial charge in [-0.3, -0.25) is 4.79 Å². The number of hydrogen-bond donors (Lipinski definition) is 1. The number of fused-ring (bicyclic) bond motifs is 2. The summed E-state index contributed by atoms with van der Waals surface area (Å²) in [4.78, 5) is 13.1. The molecule has 25 heavy (non-hydrogen) atoms. The molecule has 2 aliphatic rings. The van der Waals surface area contributed by atoms with Gasteiger partial charge < -0.3 is 0 Å². The Morgan fingerprint density at radius 3 is 2.40 bits per heavy atom. The van der Waals surface area contributed by atoms with Crippen LogP contribution in [0.2, 0.25) is 0 Å². The fourth-order valence-corrected chi connectivity index (χ4v) is 5.27. The Morgan fingerprint density at radius 1 is 1.24 bits per heavy atom. The maximum atomic E-state index is 12.9. The summed E-state index contributed by atoms with van der Waals surface area (Å²) >= 11 is 0. The van der Waals surface area contributed by atoms with Crippen LogP contribution in [-0.4, -0.2) is 20.7 Å². The lowest BCUT2D eigenvalue weighted by atomic mass is 9.70. The molecule has 2 fully saturated rings. The van der Waals surface area contributed by atoms with Gasteiger partial charge in [0.1, 0.15) is 0 Å². The van der Waals surface area contributed by atoms with Gasteiger partial charge in [0.25, 0.3) is 0 Å². The Labute approximate surface area is 150 Å². The van der Waals surface area contributed by atoms with E-state index in [4.69, 9.17) is 0 Å². The second-order valence-corrected chi connectivity index (χ2v) is 9.55. The number of ketones is 1. The summed E-state index contributed by atoms with van der Waals surface area (Å²) in [7, 11) is -3.52. The molecule has 2 bridgehead atoms. The second-order valence-electron chi connectivity index (χ2n) is 7.78. The zero-order chi connectivity index (χ0) is 18.5. The van der Waals surface area contributed by atoms with Crippen LogP contribution in [-0.2, 0) is 14.8 Å². The highest BCUT2D eigenvalue weighted by Crippen LogP contribution is 2.65. The Hall–Kier alpha value is -1.72. The van der Waals surface area contributed by atoms with E-state index in [9.17, 15) is 13.2 Å². The van der Waals surface area contributed by atoms with Crippen LogP contribution >= 0.6 is 0 Å². The van der Waals surface area contributed by atoms with E-state index in [1.165, 1.54) is 6.08 Å². The van der Waals surface area contributed by atoms with Gasteiger partial charge in [-0.15, -0.1) is 6.58 Å². The first kappa shape index (κ1) is 18.1. The van der Waals surface area contributed by atoms with Gasteiger partial charge >= 0.3 is 0 Å². The van der Waals surface area contributed by atoms with Gasteiger partial charge in [-0.1, -0.05) is 39.0 Å². The number of benzene rings is 1. The number of allylic oxidation sites excluding steroid dienone is 1. The average Bonchev–Trinajstić information content (AvgIpc) is 2.87. The molecule has 4 nitrogen and oxygen atoms in total. The van der Waals surface area contributed by atoms with Crippen LogP contribution in [0.25, 0.3) is 6.08 Å². The number of carbonyl (C=O) groups excluding carboxylic acids is 1. The Balaban J connectivity index is 1.89. The molecule has 134 valence electrons. The van der Waals surface area contributed by atoms with Crippen molar-refractivity contribution >= 4 is 21.9 Å². The molecule has 1 N–H and O–H groups in total. The summed E-state index contributed by atoms with van der Waals surface area (Å²) in [6, 6.07) is 6.65. The standard InChI is InChI=1S/C20H25NO3S/c1-5-12-21-25(23,24)15-8-6-14(7-9-15)13-16-17-10-11-20(4,18(16)22)19(17,2)3/h5-9,13,17,21H,1,10-12H2,2-4H3/b16-13+. The molecule has 0 radical (unpaired) electrons. The van der Waals surface area contributed by atoms with E-state index < -0.39 is 10.0 Å². The number of Topliss-reactive ketones (excluding diaryl/α,β-unsaturated/α-hetero) is 1. The Kier molecular flexibility index (Phi) is 4.28. The van der Waals surface area contributed by atoms with Crippen molar-refractivity contribution < 1.29 is 13.2 Å². The van der Waals surface area contributed by atoms with E-state index in [-0.39, 0.29) is 34.0 Å². The van der Waals surface area contributed by atoms with Gasteiger partial charge in [-0.25, -0.2) is 13.1 Å². The summed E-state index contributed by atoms with van der Waals surface area (Å²) in [5.41, 5.74) is 1.45. The minimum Gasteiger partial charge on any atom is -0.294 e.